The molecule has 2 atom stereocenters. The van der Waals surface area contributed by atoms with Crippen molar-refractivity contribution in [3.8, 4) is 28.1 Å². The summed E-state index contributed by atoms with van der Waals surface area (Å²) in [5.41, 5.74) is 4.87. The fourth-order valence-electron chi connectivity index (χ4n) is 6.41. The van der Waals surface area contributed by atoms with Crippen molar-refractivity contribution < 1.29 is 23.7 Å². The van der Waals surface area contributed by atoms with E-state index in [1.165, 1.54) is 7.11 Å². The van der Waals surface area contributed by atoms with E-state index < -0.39 is 17.7 Å². The number of fused-ring (bicyclic) bond motifs is 1. The third kappa shape index (κ3) is 8.50. The number of hydrogen-bond acceptors (Lipinski definition) is 8. The van der Waals surface area contributed by atoms with Gasteiger partial charge in [0.1, 0.15) is 11.6 Å². The Morgan fingerprint density at radius 1 is 1.10 bits per heavy atom. The van der Waals surface area contributed by atoms with Gasteiger partial charge in [-0.1, -0.05) is 42.5 Å². The van der Waals surface area contributed by atoms with Crippen molar-refractivity contribution in [1.82, 2.24) is 14.6 Å². The number of piperidine rings is 1. The lowest BCUT2D eigenvalue weighted by atomic mass is 9.92. The number of nitrogens with zero attached hydrogens (tertiary/aromatic N) is 5. The van der Waals surface area contributed by atoms with E-state index in [-0.39, 0.29) is 11.7 Å². The monoisotopic (exact) mass is 691 g/mol. The van der Waals surface area contributed by atoms with Gasteiger partial charge < -0.3 is 23.8 Å². The van der Waals surface area contributed by atoms with Crippen molar-refractivity contribution in [2.45, 2.75) is 84.2 Å². The Labute approximate surface area is 301 Å². The lowest BCUT2D eigenvalue weighted by molar-refractivity contribution is -0.164. The summed E-state index contributed by atoms with van der Waals surface area (Å²) in [5.74, 6) is 0.874. The van der Waals surface area contributed by atoms with Crippen LogP contribution in [0.3, 0.4) is 0 Å². The number of carbonyl (C=O) groups is 1. The zero-order valence-corrected chi connectivity index (χ0v) is 30.9. The molecule has 0 N–H and O–H groups in total. The molecule has 0 saturated carbocycles. The first-order chi connectivity index (χ1) is 24.3. The highest BCUT2D eigenvalue weighted by Crippen LogP contribution is 2.40. The summed E-state index contributed by atoms with van der Waals surface area (Å²) in [6.07, 6.45) is 4.68. The van der Waals surface area contributed by atoms with E-state index in [0.717, 1.165) is 35.3 Å². The lowest BCUT2D eigenvalue weighted by Gasteiger charge is -2.41. The molecule has 4 aromatic rings. The molecule has 10 nitrogen and oxygen atoms in total. The zero-order chi connectivity index (χ0) is 36.9. The molecule has 0 unspecified atom stereocenters. The normalized spacial score (nSPS) is 15.5. The average molecular weight is 692 g/mol. The Morgan fingerprint density at radius 3 is 2.47 bits per heavy atom. The number of aryl methyl sites for hydroxylation is 1. The van der Waals surface area contributed by atoms with Gasteiger partial charge in [0.25, 0.3) is 0 Å². The number of aromatic nitrogens is 3. The van der Waals surface area contributed by atoms with Crippen molar-refractivity contribution in [2.24, 2.45) is 0 Å². The SMILES string of the molecule is [C-]#[N+]c1ccc(-c2cccc(-c3cc4nc(C)c([C@H](OC(C)(C)C)C(=O)OC)c(N5CCC(C)(OCC=C)CC5)n4n3)c2)c(O[C@@H](C)CC=C)c1. The molecular formula is C41H49N5O5. The maximum absolute atomic E-state index is 13.4. The molecule has 2 aromatic carbocycles. The maximum atomic E-state index is 13.4. The number of benzene rings is 2. The summed E-state index contributed by atoms with van der Waals surface area (Å²) in [4.78, 5) is 24.3. The molecule has 10 heteroatoms. The molecule has 1 aliphatic rings. The summed E-state index contributed by atoms with van der Waals surface area (Å²) in [5, 5.41) is 5.15. The van der Waals surface area contributed by atoms with E-state index in [1.54, 1.807) is 18.2 Å². The van der Waals surface area contributed by atoms with Crippen molar-refractivity contribution >= 4 is 23.1 Å². The molecular weight excluding hydrogens is 642 g/mol. The topological polar surface area (TPSA) is 91.8 Å². The quantitative estimate of drug-likeness (QED) is 0.0780. The number of esters is 1. The van der Waals surface area contributed by atoms with E-state index in [2.05, 4.69) is 35.9 Å². The van der Waals surface area contributed by atoms with Crippen molar-refractivity contribution in [2.75, 3.05) is 31.7 Å². The van der Waals surface area contributed by atoms with E-state index in [4.69, 9.17) is 35.6 Å². The molecule has 1 aliphatic heterocycles. The summed E-state index contributed by atoms with van der Waals surface area (Å²) in [7, 11) is 1.37. The second-order valence-electron chi connectivity index (χ2n) is 14.2. The minimum atomic E-state index is -1.02. The molecule has 2 aromatic heterocycles. The van der Waals surface area contributed by atoms with Gasteiger partial charge in [-0.2, -0.15) is 9.61 Å². The Kier molecular flexibility index (Phi) is 11.3. The van der Waals surface area contributed by atoms with Crippen molar-refractivity contribution in [3.63, 3.8) is 0 Å². The number of hydrogen-bond donors (Lipinski definition) is 0. The van der Waals surface area contributed by atoms with Gasteiger partial charge in [0.2, 0.25) is 0 Å². The van der Waals surface area contributed by atoms with Crippen LogP contribution in [0.15, 0.2) is 73.8 Å². The summed E-state index contributed by atoms with van der Waals surface area (Å²) in [6.45, 7) is 28.8. The first kappa shape index (κ1) is 37.3. The molecule has 0 radical (unpaired) electrons. The van der Waals surface area contributed by atoms with Crippen LogP contribution in [0.5, 0.6) is 5.75 Å². The molecule has 1 fully saturated rings. The van der Waals surface area contributed by atoms with Crippen LogP contribution in [0.25, 0.3) is 32.9 Å². The standard InChI is InChI=1S/C41H49N5O5/c1-11-14-27(3)50-34-25-31(42-9)17-18-32(34)29-15-13-16-30(24-29)33-26-35-43-28(4)36(37(39(47)48-10)51-40(5,6)7)38(46(35)44-33)45-21-19-41(8,20-22-45)49-23-12-2/h11-13,15-18,24-27,37H,1-2,14,19-23H2,3-8,10H3/t27-,37-/m0/s1. The lowest BCUT2D eigenvalue weighted by Crippen LogP contribution is -2.45. The van der Waals surface area contributed by atoms with Crippen LogP contribution in [0.1, 0.15) is 71.2 Å². The Morgan fingerprint density at radius 2 is 1.82 bits per heavy atom. The predicted octanol–water partition coefficient (Wildman–Crippen LogP) is 8.86. The molecule has 3 heterocycles. The van der Waals surface area contributed by atoms with E-state index in [0.29, 0.717) is 60.2 Å². The van der Waals surface area contributed by atoms with Crippen LogP contribution in [0.2, 0.25) is 0 Å². The van der Waals surface area contributed by atoms with Gasteiger partial charge >= 0.3 is 5.97 Å². The average Bonchev–Trinajstić information content (AvgIpc) is 3.53. The Balaban J connectivity index is 1.64. The fourth-order valence-corrected chi connectivity index (χ4v) is 6.41. The van der Waals surface area contributed by atoms with Crippen LogP contribution < -0.4 is 9.64 Å². The van der Waals surface area contributed by atoms with Crippen LogP contribution >= 0.6 is 0 Å². The highest BCUT2D eigenvalue weighted by Gasteiger charge is 2.38. The number of ether oxygens (including phenoxy) is 4. The highest BCUT2D eigenvalue weighted by atomic mass is 16.6. The fraction of sp³-hybridized carbons (Fsp3) is 0.415. The Bertz CT molecular complexity index is 1940. The van der Waals surface area contributed by atoms with Crippen LogP contribution in [0, 0.1) is 13.5 Å². The first-order valence-electron chi connectivity index (χ1n) is 17.4. The zero-order valence-electron chi connectivity index (χ0n) is 30.9. The third-order valence-corrected chi connectivity index (χ3v) is 9.01. The first-order valence-corrected chi connectivity index (χ1v) is 17.4. The molecule has 51 heavy (non-hydrogen) atoms. The van der Waals surface area contributed by atoms with Crippen LogP contribution in [-0.4, -0.2) is 64.7 Å². The van der Waals surface area contributed by atoms with Crippen LogP contribution in [-0.2, 0) is 19.0 Å². The van der Waals surface area contributed by atoms with Crippen molar-refractivity contribution in [3.05, 3.63) is 96.5 Å². The summed E-state index contributed by atoms with van der Waals surface area (Å²) in [6, 6.07) is 15.5. The molecule has 0 spiro atoms. The number of rotatable bonds is 13. The molecule has 0 aliphatic carbocycles. The smallest absolute Gasteiger partial charge is 0.339 e. The van der Waals surface area contributed by atoms with E-state index in [9.17, 15) is 4.79 Å². The van der Waals surface area contributed by atoms with Gasteiger partial charge in [0, 0.05) is 42.4 Å². The van der Waals surface area contributed by atoms with E-state index in [1.807, 2.05) is 75.5 Å². The van der Waals surface area contributed by atoms with Gasteiger partial charge in [-0.05, 0) is 72.1 Å². The summed E-state index contributed by atoms with van der Waals surface area (Å²) < 4.78 is 26.0. The predicted molar refractivity (Wildman–Crippen MR) is 201 cm³/mol. The van der Waals surface area contributed by atoms with E-state index >= 15 is 0 Å². The second kappa shape index (κ2) is 15.5. The second-order valence-corrected chi connectivity index (χ2v) is 14.2. The maximum Gasteiger partial charge on any atom is 0.339 e. The number of carbonyl (C=O) groups excluding carboxylic acids is 1. The molecule has 5 rings (SSSR count). The molecule has 0 bridgehead atoms. The van der Waals surface area contributed by atoms with Crippen molar-refractivity contribution in [1.29, 1.82) is 0 Å². The minimum absolute atomic E-state index is 0.108. The van der Waals surface area contributed by atoms with Gasteiger partial charge in [-0.3, -0.25) is 0 Å². The number of methoxy groups -OCH3 is 1. The largest absolute Gasteiger partial charge is 0.491 e. The summed E-state index contributed by atoms with van der Waals surface area (Å²) >= 11 is 0. The highest BCUT2D eigenvalue weighted by molar-refractivity contribution is 5.81. The number of anilines is 1. The molecule has 1 saturated heterocycles. The van der Waals surface area contributed by atoms with Gasteiger partial charge in [-0.25, -0.2) is 14.6 Å². The van der Waals surface area contributed by atoms with Gasteiger partial charge in [0.15, 0.2) is 17.4 Å². The third-order valence-electron chi connectivity index (χ3n) is 9.01. The molecule has 0 amide bonds. The minimum Gasteiger partial charge on any atom is -0.491 e. The Hall–Kier alpha value is -4.98. The van der Waals surface area contributed by atoms with Gasteiger partial charge in [0.05, 0.1) is 48.9 Å². The van der Waals surface area contributed by atoms with Crippen LogP contribution in [0.4, 0.5) is 11.5 Å². The van der Waals surface area contributed by atoms with Gasteiger partial charge in [-0.15, -0.1) is 13.2 Å². The molecule has 268 valence electrons.